The molecule has 0 saturated heterocycles. The molecule has 4 aromatic rings. The van der Waals surface area contributed by atoms with Gasteiger partial charge in [-0.3, -0.25) is 4.79 Å². The molecule has 0 aliphatic carbocycles. The summed E-state index contributed by atoms with van der Waals surface area (Å²) in [6, 6.07) is 28.3. The molecule has 0 aliphatic rings. The molecule has 0 atom stereocenters. The number of sulfonamides is 1. The van der Waals surface area contributed by atoms with Crippen LogP contribution in [0.4, 0.5) is 18.9 Å². The van der Waals surface area contributed by atoms with Gasteiger partial charge in [-0.2, -0.15) is 18.3 Å². The lowest BCUT2D eigenvalue weighted by Crippen LogP contribution is -2.21. The third-order valence-corrected chi connectivity index (χ3v) is 6.45. The highest BCUT2D eigenvalue weighted by atomic mass is 32.2. The maximum atomic E-state index is 13.1. The van der Waals surface area contributed by atoms with Crippen LogP contribution in [-0.4, -0.2) is 37.8 Å². The zero-order valence-electron chi connectivity index (χ0n) is 21.0. The topological polar surface area (TPSA) is 165 Å². The van der Waals surface area contributed by atoms with Gasteiger partial charge in [0.2, 0.25) is 10.0 Å². The number of carbonyl (C=O) groups excluding carboxylic acids is 1. The van der Waals surface area contributed by atoms with Crippen LogP contribution in [0.5, 0.6) is 0 Å². The molecular weight excluding hydrogens is 561 g/mol. The van der Waals surface area contributed by atoms with E-state index in [0.29, 0.717) is 22.4 Å². The van der Waals surface area contributed by atoms with Crippen molar-refractivity contribution in [3.63, 3.8) is 0 Å². The first kappa shape index (κ1) is 30.5. The van der Waals surface area contributed by atoms with Crippen LogP contribution in [0.1, 0.15) is 15.9 Å². The number of rotatable bonds is 6. The lowest BCUT2D eigenvalue weighted by Gasteiger charge is -2.12. The van der Waals surface area contributed by atoms with Crippen LogP contribution in [-0.2, 0) is 14.8 Å². The number of aliphatic carboxylic acids is 1. The Balaban J connectivity index is 0.000000587. The van der Waals surface area contributed by atoms with Gasteiger partial charge in [0.15, 0.2) is 0 Å². The minimum Gasteiger partial charge on any atom is -0.475 e. The second-order valence-corrected chi connectivity index (χ2v) is 9.85. The number of amides is 1. The maximum Gasteiger partial charge on any atom is 0.490 e. The number of primary sulfonamides is 1. The molecule has 4 rings (SSSR count). The van der Waals surface area contributed by atoms with E-state index in [9.17, 15) is 26.4 Å². The Hall–Kier alpha value is -5.01. The number of hydrazone groups is 1. The second-order valence-electron chi connectivity index (χ2n) is 8.32. The monoisotopic (exact) mass is 584 g/mol. The summed E-state index contributed by atoms with van der Waals surface area (Å²) >= 11 is 0. The molecule has 212 valence electrons. The van der Waals surface area contributed by atoms with E-state index in [0.717, 1.165) is 16.7 Å². The largest absolute Gasteiger partial charge is 0.490 e. The number of hydrogen-bond acceptors (Lipinski definition) is 6. The Morgan fingerprint density at radius 2 is 1.41 bits per heavy atom. The minimum absolute atomic E-state index is 0.0441. The Bertz CT molecular complexity index is 1690. The van der Waals surface area contributed by atoms with Gasteiger partial charge in [0, 0.05) is 16.8 Å². The fourth-order valence-electron chi connectivity index (χ4n) is 3.69. The van der Waals surface area contributed by atoms with Crippen molar-refractivity contribution in [2.75, 3.05) is 5.32 Å². The van der Waals surface area contributed by atoms with Crippen LogP contribution in [0.15, 0.2) is 107 Å². The summed E-state index contributed by atoms with van der Waals surface area (Å²) in [5, 5.41) is 18.9. The van der Waals surface area contributed by atoms with Crippen LogP contribution in [0.2, 0.25) is 0 Å². The predicted molar refractivity (Wildman–Crippen MR) is 149 cm³/mol. The average Bonchev–Trinajstić information content (AvgIpc) is 2.93. The van der Waals surface area contributed by atoms with E-state index < -0.39 is 22.2 Å². The van der Waals surface area contributed by atoms with Crippen LogP contribution in [0.25, 0.3) is 22.3 Å². The summed E-state index contributed by atoms with van der Waals surface area (Å²) in [6.45, 7) is 0. The van der Waals surface area contributed by atoms with Crippen molar-refractivity contribution in [2.24, 2.45) is 16.1 Å². The van der Waals surface area contributed by atoms with Crippen molar-refractivity contribution < 1.29 is 36.3 Å². The van der Waals surface area contributed by atoms with Crippen molar-refractivity contribution in [3.05, 3.63) is 108 Å². The third-order valence-electron chi connectivity index (χ3n) is 5.48. The average molecular weight is 585 g/mol. The van der Waals surface area contributed by atoms with Gasteiger partial charge in [0.05, 0.1) is 11.1 Å². The maximum absolute atomic E-state index is 13.1. The van der Waals surface area contributed by atoms with Gasteiger partial charge in [-0.1, -0.05) is 66.7 Å². The normalized spacial score (nSPS) is 11.4. The highest BCUT2D eigenvalue weighted by Gasteiger charge is 2.38. The number of carbonyl (C=O) groups is 2. The number of benzene rings is 4. The smallest absolute Gasteiger partial charge is 0.475 e. The molecule has 41 heavy (non-hydrogen) atoms. The minimum atomic E-state index is -5.08. The molecule has 9 nitrogen and oxygen atoms in total. The molecular formula is C28H23F3N4O5S. The van der Waals surface area contributed by atoms with Crippen molar-refractivity contribution in [2.45, 2.75) is 11.1 Å². The van der Waals surface area contributed by atoms with Gasteiger partial charge in [-0.05, 0) is 52.6 Å². The Morgan fingerprint density at radius 1 is 0.829 bits per heavy atom. The quantitative estimate of drug-likeness (QED) is 0.144. The van der Waals surface area contributed by atoms with E-state index in [2.05, 4.69) is 10.4 Å². The number of hydrogen-bond donors (Lipinski definition) is 4. The van der Waals surface area contributed by atoms with Gasteiger partial charge in [-0.25, -0.2) is 18.4 Å². The van der Waals surface area contributed by atoms with E-state index in [-0.39, 0.29) is 10.8 Å². The molecule has 1 amide bonds. The summed E-state index contributed by atoms with van der Waals surface area (Å²) in [4.78, 5) is 22.0. The van der Waals surface area contributed by atoms with E-state index in [1.165, 1.54) is 6.07 Å². The summed E-state index contributed by atoms with van der Waals surface area (Å²) in [7, 11) is -3.87. The Labute approximate surface area is 233 Å². The molecule has 0 heterocycles. The molecule has 0 fully saturated rings. The summed E-state index contributed by atoms with van der Waals surface area (Å²) in [5.74, 6) is 2.23. The molecule has 6 N–H and O–H groups in total. The summed E-state index contributed by atoms with van der Waals surface area (Å²) < 4.78 is 55.6. The van der Waals surface area contributed by atoms with Gasteiger partial charge in [0.1, 0.15) is 0 Å². The second kappa shape index (κ2) is 12.9. The van der Waals surface area contributed by atoms with E-state index in [4.69, 9.17) is 20.9 Å². The number of halogens is 3. The van der Waals surface area contributed by atoms with Crippen LogP contribution in [0.3, 0.4) is 0 Å². The molecule has 0 aliphatic heterocycles. The Morgan fingerprint density at radius 3 is 2.00 bits per heavy atom. The SMILES string of the molecule is NN=Cc1cccc(-c2ccccc2C(=O)Nc2ccc(-c3ccccc3S(N)(=O)=O)cc2)c1.O=C(O)C(F)(F)F. The van der Waals surface area contributed by atoms with Crippen LogP contribution in [0, 0.1) is 0 Å². The van der Waals surface area contributed by atoms with Gasteiger partial charge < -0.3 is 16.3 Å². The van der Waals surface area contributed by atoms with Gasteiger partial charge in [-0.15, -0.1) is 0 Å². The molecule has 0 bridgehead atoms. The molecule has 0 unspecified atom stereocenters. The number of anilines is 1. The molecule has 0 aromatic heterocycles. The fraction of sp³-hybridized carbons (Fsp3) is 0.0357. The van der Waals surface area contributed by atoms with E-state index in [1.807, 2.05) is 36.4 Å². The lowest BCUT2D eigenvalue weighted by molar-refractivity contribution is -0.192. The molecule has 0 saturated carbocycles. The summed E-state index contributed by atoms with van der Waals surface area (Å²) in [5.41, 5.74) is 4.69. The van der Waals surface area contributed by atoms with Gasteiger partial charge >= 0.3 is 12.1 Å². The molecule has 13 heteroatoms. The van der Waals surface area contributed by atoms with Crippen LogP contribution < -0.4 is 16.3 Å². The number of nitrogens with zero attached hydrogens (tertiary/aromatic N) is 1. The zero-order valence-corrected chi connectivity index (χ0v) is 21.9. The molecule has 0 radical (unpaired) electrons. The first-order valence-corrected chi connectivity index (χ1v) is 13.1. The highest BCUT2D eigenvalue weighted by molar-refractivity contribution is 7.89. The van der Waals surface area contributed by atoms with E-state index in [1.54, 1.807) is 60.8 Å². The lowest BCUT2D eigenvalue weighted by atomic mass is 9.97. The predicted octanol–water partition coefficient (Wildman–Crippen LogP) is 4.85. The summed E-state index contributed by atoms with van der Waals surface area (Å²) in [6.07, 6.45) is -3.54. The molecule has 4 aromatic carbocycles. The number of carboxylic acid groups (broad SMARTS) is 1. The standard InChI is InChI=1S/C26H22N4O3S.C2HF3O2/c27-29-17-18-6-5-7-20(16-18)22-8-1-2-10-24(22)26(31)30-21-14-12-19(13-15-21)23-9-3-4-11-25(23)34(28,32)33;3-2(4,5)1(6)7/h1-17H,27H2,(H,30,31)(H2,28,32,33);(H,6,7). The van der Waals surface area contributed by atoms with Crippen molar-refractivity contribution in [1.29, 1.82) is 0 Å². The first-order chi connectivity index (χ1) is 19.3. The Kier molecular flexibility index (Phi) is 9.60. The van der Waals surface area contributed by atoms with Crippen molar-refractivity contribution in [3.8, 4) is 22.3 Å². The van der Waals surface area contributed by atoms with Crippen molar-refractivity contribution in [1.82, 2.24) is 0 Å². The molecule has 0 spiro atoms. The number of nitrogens with two attached hydrogens (primary N) is 2. The number of alkyl halides is 3. The van der Waals surface area contributed by atoms with Crippen LogP contribution >= 0.6 is 0 Å². The third kappa shape index (κ3) is 8.24. The van der Waals surface area contributed by atoms with E-state index >= 15 is 0 Å². The first-order valence-electron chi connectivity index (χ1n) is 11.6. The number of nitrogens with one attached hydrogen (secondary N) is 1. The highest BCUT2D eigenvalue weighted by Crippen LogP contribution is 2.29. The van der Waals surface area contributed by atoms with Crippen molar-refractivity contribution >= 4 is 33.8 Å². The zero-order chi connectivity index (χ0) is 30.2. The van der Waals surface area contributed by atoms with Gasteiger partial charge in [0.25, 0.3) is 5.91 Å². The number of carboxylic acids is 1. The fourth-order valence-corrected chi connectivity index (χ4v) is 4.45.